The van der Waals surface area contributed by atoms with Crippen molar-refractivity contribution in [3.8, 4) is 5.75 Å². The molecule has 2 aromatic rings. The molecule has 2 aromatic carbocycles. The monoisotopic (exact) mass is 311 g/mol. The number of benzene rings is 2. The van der Waals surface area contributed by atoms with E-state index in [1.165, 1.54) is 23.6 Å². The number of aryl methyl sites for hydroxylation is 2. The number of hydrogen-bond acceptors (Lipinski definition) is 2. The van der Waals surface area contributed by atoms with Gasteiger partial charge in [-0.1, -0.05) is 30.3 Å². The highest BCUT2D eigenvalue weighted by Gasteiger charge is 2.06. The molecule has 1 amide bonds. The van der Waals surface area contributed by atoms with Crippen LogP contribution in [0.15, 0.2) is 42.5 Å². The summed E-state index contributed by atoms with van der Waals surface area (Å²) < 4.78 is 5.82. The second-order valence-corrected chi connectivity index (χ2v) is 6.01. The largest absolute Gasteiger partial charge is 0.493 e. The van der Waals surface area contributed by atoms with Crippen molar-refractivity contribution < 1.29 is 9.53 Å². The highest BCUT2D eigenvalue weighted by Crippen LogP contribution is 2.17. The number of carbonyl (C=O) groups excluding carboxylic acids is 1. The summed E-state index contributed by atoms with van der Waals surface area (Å²) >= 11 is 0. The molecule has 23 heavy (non-hydrogen) atoms. The topological polar surface area (TPSA) is 38.3 Å². The second-order valence-electron chi connectivity index (χ2n) is 6.01. The molecule has 0 saturated carbocycles. The van der Waals surface area contributed by atoms with E-state index in [-0.39, 0.29) is 11.9 Å². The number of carbonyl (C=O) groups is 1. The Hall–Kier alpha value is -2.29. The van der Waals surface area contributed by atoms with Gasteiger partial charge in [-0.25, -0.2) is 0 Å². The lowest BCUT2D eigenvalue weighted by Crippen LogP contribution is -2.23. The van der Waals surface area contributed by atoms with Crippen molar-refractivity contribution in [3.05, 3.63) is 64.7 Å². The maximum absolute atomic E-state index is 11.1. The standard InChI is InChI=1S/C20H25NO2/c1-14-5-10-20(13-15(14)2)23-12-11-18-6-8-19(9-7-18)16(3)21-17(4)22/h5-10,13,16H,11-12H2,1-4H3,(H,21,22)/t16-/m0/s1. The summed E-state index contributed by atoms with van der Waals surface area (Å²) in [4.78, 5) is 11.1. The lowest BCUT2D eigenvalue weighted by atomic mass is 10.0. The van der Waals surface area contributed by atoms with Crippen LogP contribution in [0.5, 0.6) is 5.75 Å². The van der Waals surface area contributed by atoms with Crippen molar-refractivity contribution in [2.24, 2.45) is 0 Å². The number of amides is 1. The predicted molar refractivity (Wildman–Crippen MR) is 93.8 cm³/mol. The minimum Gasteiger partial charge on any atom is -0.493 e. The highest BCUT2D eigenvalue weighted by molar-refractivity contribution is 5.73. The van der Waals surface area contributed by atoms with Crippen LogP contribution in [0.1, 0.15) is 42.1 Å². The molecule has 0 aliphatic rings. The molecule has 122 valence electrons. The van der Waals surface area contributed by atoms with Gasteiger partial charge in [0.1, 0.15) is 5.75 Å². The molecule has 0 radical (unpaired) electrons. The zero-order valence-electron chi connectivity index (χ0n) is 14.3. The Morgan fingerprint density at radius 2 is 1.78 bits per heavy atom. The van der Waals surface area contributed by atoms with E-state index < -0.39 is 0 Å². The first-order valence-electron chi connectivity index (χ1n) is 8.01. The Kier molecular flexibility index (Phi) is 5.80. The Morgan fingerprint density at radius 3 is 2.39 bits per heavy atom. The first kappa shape index (κ1) is 17.1. The average molecular weight is 311 g/mol. The van der Waals surface area contributed by atoms with Gasteiger partial charge in [0, 0.05) is 13.3 Å². The molecule has 2 rings (SSSR count). The maximum atomic E-state index is 11.1. The van der Waals surface area contributed by atoms with Crippen molar-refractivity contribution >= 4 is 5.91 Å². The molecule has 0 aliphatic heterocycles. The zero-order valence-corrected chi connectivity index (χ0v) is 14.3. The van der Waals surface area contributed by atoms with Gasteiger partial charge in [0.25, 0.3) is 0 Å². The molecule has 1 N–H and O–H groups in total. The number of hydrogen-bond donors (Lipinski definition) is 1. The summed E-state index contributed by atoms with van der Waals surface area (Å²) in [6.45, 7) is 8.37. The molecule has 0 unspecified atom stereocenters. The van der Waals surface area contributed by atoms with E-state index in [2.05, 4.69) is 55.6 Å². The van der Waals surface area contributed by atoms with Gasteiger partial charge >= 0.3 is 0 Å². The van der Waals surface area contributed by atoms with Crippen LogP contribution in [-0.2, 0) is 11.2 Å². The molecule has 1 atom stereocenters. The van der Waals surface area contributed by atoms with Crippen molar-refractivity contribution in [1.29, 1.82) is 0 Å². The molecule has 0 heterocycles. The Balaban J connectivity index is 1.86. The molecule has 0 aromatic heterocycles. The normalized spacial score (nSPS) is 11.8. The quantitative estimate of drug-likeness (QED) is 0.871. The fraction of sp³-hybridized carbons (Fsp3) is 0.350. The molecule has 0 bridgehead atoms. The fourth-order valence-electron chi connectivity index (χ4n) is 2.45. The van der Waals surface area contributed by atoms with E-state index in [1.54, 1.807) is 0 Å². The van der Waals surface area contributed by atoms with Crippen molar-refractivity contribution in [3.63, 3.8) is 0 Å². The first-order chi connectivity index (χ1) is 11.0. The summed E-state index contributed by atoms with van der Waals surface area (Å²) in [6, 6.07) is 14.5. The van der Waals surface area contributed by atoms with Gasteiger partial charge in [-0.3, -0.25) is 4.79 Å². The van der Waals surface area contributed by atoms with Gasteiger partial charge in [0.2, 0.25) is 5.91 Å². The third-order valence-corrected chi connectivity index (χ3v) is 4.04. The summed E-state index contributed by atoms with van der Waals surface area (Å²) in [6.07, 6.45) is 0.863. The van der Waals surface area contributed by atoms with Crippen LogP contribution >= 0.6 is 0 Å². The second kappa shape index (κ2) is 7.82. The van der Waals surface area contributed by atoms with Gasteiger partial charge < -0.3 is 10.1 Å². The van der Waals surface area contributed by atoms with E-state index in [1.807, 2.05) is 13.0 Å². The highest BCUT2D eigenvalue weighted by atomic mass is 16.5. The molecule has 3 heteroatoms. The van der Waals surface area contributed by atoms with E-state index in [4.69, 9.17) is 4.74 Å². The summed E-state index contributed by atoms with van der Waals surface area (Å²) in [7, 11) is 0. The molecular formula is C20H25NO2. The first-order valence-corrected chi connectivity index (χ1v) is 8.01. The minimum absolute atomic E-state index is 0.0108. The van der Waals surface area contributed by atoms with Crippen LogP contribution < -0.4 is 10.1 Å². The molecule has 0 spiro atoms. The van der Waals surface area contributed by atoms with Gasteiger partial charge in [-0.2, -0.15) is 0 Å². The minimum atomic E-state index is -0.0108. The van der Waals surface area contributed by atoms with Crippen molar-refractivity contribution in [2.75, 3.05) is 6.61 Å². The van der Waals surface area contributed by atoms with Crippen molar-refractivity contribution in [1.82, 2.24) is 5.32 Å². The lowest BCUT2D eigenvalue weighted by molar-refractivity contribution is -0.119. The van der Waals surface area contributed by atoms with Gasteiger partial charge in [0.05, 0.1) is 12.6 Å². The third-order valence-electron chi connectivity index (χ3n) is 4.04. The van der Waals surface area contributed by atoms with Gasteiger partial charge in [-0.05, 0) is 55.2 Å². The Labute approximate surface area is 138 Å². The molecule has 3 nitrogen and oxygen atoms in total. The van der Waals surface area contributed by atoms with Crippen LogP contribution in [0.2, 0.25) is 0 Å². The smallest absolute Gasteiger partial charge is 0.217 e. The summed E-state index contributed by atoms with van der Waals surface area (Å²) in [5.41, 5.74) is 4.87. The molecular weight excluding hydrogens is 286 g/mol. The Bertz CT molecular complexity index is 662. The third kappa shape index (κ3) is 5.13. The molecule has 0 aliphatic carbocycles. The number of rotatable bonds is 6. The van der Waals surface area contributed by atoms with Crippen LogP contribution in [0.25, 0.3) is 0 Å². The SMILES string of the molecule is CC(=O)N[C@@H](C)c1ccc(CCOc2ccc(C)c(C)c2)cc1. The summed E-state index contributed by atoms with van der Waals surface area (Å²) in [5.74, 6) is 0.910. The molecule has 0 fully saturated rings. The van der Waals surface area contributed by atoms with Gasteiger partial charge in [-0.15, -0.1) is 0 Å². The number of nitrogens with one attached hydrogen (secondary N) is 1. The fourth-order valence-corrected chi connectivity index (χ4v) is 2.45. The molecule has 0 saturated heterocycles. The Morgan fingerprint density at radius 1 is 1.09 bits per heavy atom. The van der Waals surface area contributed by atoms with E-state index >= 15 is 0 Å². The number of ether oxygens (including phenoxy) is 1. The van der Waals surface area contributed by atoms with Crippen LogP contribution in [0.3, 0.4) is 0 Å². The van der Waals surface area contributed by atoms with Crippen LogP contribution in [0.4, 0.5) is 0 Å². The maximum Gasteiger partial charge on any atom is 0.217 e. The van der Waals surface area contributed by atoms with Crippen LogP contribution in [-0.4, -0.2) is 12.5 Å². The van der Waals surface area contributed by atoms with Crippen LogP contribution in [0, 0.1) is 13.8 Å². The average Bonchev–Trinajstić information content (AvgIpc) is 2.51. The summed E-state index contributed by atoms with van der Waals surface area (Å²) in [5, 5.41) is 2.89. The van der Waals surface area contributed by atoms with E-state index in [0.717, 1.165) is 17.7 Å². The zero-order chi connectivity index (χ0) is 16.8. The van der Waals surface area contributed by atoms with E-state index in [0.29, 0.717) is 6.61 Å². The van der Waals surface area contributed by atoms with E-state index in [9.17, 15) is 4.79 Å². The predicted octanol–water partition coefficient (Wildman–Crippen LogP) is 4.12. The van der Waals surface area contributed by atoms with Gasteiger partial charge in [0.15, 0.2) is 0 Å². The lowest BCUT2D eigenvalue weighted by Gasteiger charge is -2.13. The van der Waals surface area contributed by atoms with Crippen molar-refractivity contribution in [2.45, 2.75) is 40.2 Å².